The maximum absolute atomic E-state index is 14.1. The largest absolute Gasteiger partial charge is 0.479 e. The van der Waals surface area contributed by atoms with Crippen LogP contribution in [-0.4, -0.2) is 353 Å². The zero-order valence-electron chi connectivity index (χ0n) is 45.2. The zero-order valence-corrected chi connectivity index (χ0v) is 45.2. The molecule has 0 bridgehead atoms. The third-order valence-corrected chi connectivity index (χ3v) is 15.2. The van der Waals surface area contributed by atoms with Crippen LogP contribution in [-0.2, 0) is 80.9 Å². The van der Waals surface area contributed by atoms with E-state index in [4.69, 9.17) is 57.8 Å². The number of aliphatic hydroxyl groups is 16. The summed E-state index contributed by atoms with van der Waals surface area (Å²) in [7, 11) is 0. The number of amides is 2. The molecule has 0 aliphatic carbocycles. The molecule has 6 aliphatic heterocycles. The van der Waals surface area contributed by atoms with Gasteiger partial charge in [0.1, 0.15) is 116 Å². The second kappa shape index (κ2) is 28.7. The Morgan fingerprint density at radius 2 is 1.06 bits per heavy atom. The highest BCUT2D eigenvalue weighted by Gasteiger charge is 2.66. The van der Waals surface area contributed by atoms with Crippen molar-refractivity contribution in [2.24, 2.45) is 5.73 Å². The van der Waals surface area contributed by atoms with Gasteiger partial charge in [-0.2, -0.15) is 0 Å². The molecule has 30 atom stereocenters. The van der Waals surface area contributed by atoms with Gasteiger partial charge in [-0.25, -0.2) is 19.2 Å². The van der Waals surface area contributed by atoms with Gasteiger partial charge in [0, 0.05) is 33.1 Å². The van der Waals surface area contributed by atoms with Crippen LogP contribution < -0.4 is 16.4 Å². The Labute approximate surface area is 483 Å². The minimum Gasteiger partial charge on any atom is -0.479 e. The number of nitrogens with one attached hydrogen (secondary N) is 2. The molecule has 0 aromatic heterocycles. The molecule has 6 heterocycles. The number of nitrogens with two attached hydrogens (primary N) is 1. The van der Waals surface area contributed by atoms with Gasteiger partial charge < -0.3 is 171 Å². The molecule has 0 aromatic rings. The number of hydrogen-bond donors (Lipinski definition) is 23. The van der Waals surface area contributed by atoms with Crippen LogP contribution >= 0.6 is 0 Å². The van der Waals surface area contributed by atoms with Gasteiger partial charge in [0.05, 0.1) is 57.4 Å². The predicted molar refractivity (Wildman–Crippen MR) is 258 cm³/mol. The quantitative estimate of drug-likeness (QED) is 0.0427. The van der Waals surface area contributed by atoms with Crippen molar-refractivity contribution < 1.29 is 183 Å². The van der Waals surface area contributed by atoms with E-state index in [2.05, 4.69) is 10.6 Å². The van der Waals surface area contributed by atoms with Crippen LogP contribution in [0.2, 0.25) is 0 Å². The number of ether oxygens (including phenoxy) is 11. The molecule has 86 heavy (non-hydrogen) atoms. The van der Waals surface area contributed by atoms with Crippen molar-refractivity contribution in [1.29, 1.82) is 0 Å². The molecule has 0 saturated carbocycles. The summed E-state index contributed by atoms with van der Waals surface area (Å²) >= 11 is 0. The maximum Gasteiger partial charge on any atom is 0.364 e. The van der Waals surface area contributed by atoms with E-state index in [1.165, 1.54) is 0 Å². The van der Waals surface area contributed by atoms with Gasteiger partial charge in [0.2, 0.25) is 11.8 Å². The Morgan fingerprint density at radius 1 is 0.547 bits per heavy atom. The molecular formula is C46H73N3O37. The summed E-state index contributed by atoms with van der Waals surface area (Å²) in [6, 6.07) is -5.81. The fraction of sp³-hybridized carbons (Fsp3) is 0.870. The second-order valence-corrected chi connectivity index (χ2v) is 21.2. The van der Waals surface area contributed by atoms with Crippen LogP contribution in [0.5, 0.6) is 0 Å². The van der Waals surface area contributed by atoms with E-state index in [-0.39, 0.29) is 0 Å². The average Bonchev–Trinajstić information content (AvgIpc) is 2.38. The molecule has 24 N–H and O–H groups in total. The van der Waals surface area contributed by atoms with Gasteiger partial charge in [0.25, 0.3) is 17.4 Å². The number of hydrogen-bond acceptors (Lipinski definition) is 34. The highest BCUT2D eigenvalue weighted by atomic mass is 16.8. The van der Waals surface area contributed by atoms with Crippen molar-refractivity contribution in [3.63, 3.8) is 0 Å². The number of aliphatic hydroxyl groups excluding tert-OH is 15. The molecule has 0 unspecified atom stereocenters. The van der Waals surface area contributed by atoms with E-state index in [1.54, 1.807) is 0 Å². The minimum atomic E-state index is -3.76. The lowest BCUT2D eigenvalue weighted by Gasteiger charge is -2.53. The van der Waals surface area contributed by atoms with Crippen molar-refractivity contribution in [3.05, 3.63) is 0 Å². The van der Waals surface area contributed by atoms with Crippen molar-refractivity contribution >= 4 is 35.7 Å². The topological polar surface area (TPSA) is 659 Å². The van der Waals surface area contributed by atoms with Gasteiger partial charge in [-0.1, -0.05) is 0 Å². The van der Waals surface area contributed by atoms with Crippen molar-refractivity contribution in [3.8, 4) is 0 Å². The predicted octanol–water partition coefficient (Wildman–Crippen LogP) is -14.2. The highest BCUT2D eigenvalue weighted by Crippen LogP contribution is 2.45. The third kappa shape index (κ3) is 14.6. The van der Waals surface area contributed by atoms with Gasteiger partial charge >= 0.3 is 23.9 Å². The highest BCUT2D eigenvalue weighted by molar-refractivity contribution is 5.78. The molecule has 494 valence electrons. The van der Waals surface area contributed by atoms with E-state index >= 15 is 0 Å². The molecule has 6 aliphatic rings. The second-order valence-electron chi connectivity index (χ2n) is 21.2. The monoisotopic (exact) mass is 1260 g/mol. The fourth-order valence-corrected chi connectivity index (χ4v) is 10.7. The Kier molecular flexibility index (Phi) is 23.6. The van der Waals surface area contributed by atoms with Crippen molar-refractivity contribution in [1.82, 2.24) is 10.6 Å². The average molecular weight is 1260 g/mol. The first-order valence-corrected chi connectivity index (χ1v) is 26.3. The summed E-state index contributed by atoms with van der Waals surface area (Å²) in [5.74, 6) is -22.0. The van der Waals surface area contributed by atoms with Crippen LogP contribution in [0.15, 0.2) is 0 Å². The van der Waals surface area contributed by atoms with Crippen LogP contribution in [0.3, 0.4) is 0 Å². The summed E-state index contributed by atoms with van der Waals surface area (Å²) in [6.45, 7) is -4.54. The molecule has 6 rings (SSSR count). The molecule has 6 saturated heterocycles. The van der Waals surface area contributed by atoms with Gasteiger partial charge in [0.15, 0.2) is 25.0 Å². The Bertz CT molecular complexity index is 2350. The normalized spacial score (nSPS) is 45.0. The van der Waals surface area contributed by atoms with Crippen LogP contribution in [0.4, 0.5) is 0 Å². The molecule has 40 heteroatoms. The third-order valence-electron chi connectivity index (χ3n) is 15.2. The standard InChI is InChI=1S/C46H73N3O37/c1-11(55)48-22-29(65)26(62)19(9-53)78-39(22)80-35-30(66)23(49-12(2)56)40(81-36(35)37(67)68)76-16-5-46(43(73)74,85-33(27(16)63)20(10-54)79-38-21(47)28(64)25(61)18(8-52)77-38)86-34-17(4-44(75,41(69)70)83-32(34)15(59)7-51)82-45(42(71)72)3-13(57)24(60)31(84-45)14(58)6-50/h13-36,38-40,50-54,57-66,75H,3-10,47H2,1-2H3,(H,48,55)(H,49,56)(H,67,68)(H,69,70)(H,71,72)(H,73,74)/t13-,14-,15-,16-,17-,18-,19-,20-,21-,22-,23-,24-,25-,26+,27-,28-,29-,30-,31-,32-,33-,34-,35+,36+,38+,39-,40+,44-,45-,46+/m1/s1. The summed E-state index contributed by atoms with van der Waals surface area (Å²) < 4.78 is 62.9. The summed E-state index contributed by atoms with van der Waals surface area (Å²) in [5.41, 5.74) is 6.07. The first-order valence-electron chi connectivity index (χ1n) is 26.3. The SMILES string of the molecule is CC(=O)N[C@H]1[C@@H](O[C@@H]2C[C@](O[C@H]3[C@@H]([C@H](O)CO)O[C@@](O)(C(=O)O)C[C@H]3O[C@]3(C(=O)O)C[C@@H](O)[C@@H](O)[C@@H]([C@H](O)CO)O3)(C(=O)O)O[C@H]([C@@H](CO)O[C@@H]3O[C@H](CO)[C@@H](O)[C@H](O)[C@H]3N)[C@@H]2O)O[C@H](C(=O)O)[C@@H](O[C@H]2O[C@H](CO)[C@H](O)[C@H](O)[C@H]2NC(C)=O)[C@@H]1O. The molecule has 6 fully saturated rings. The van der Waals surface area contributed by atoms with E-state index in [1.807, 2.05) is 0 Å². The molecule has 40 nitrogen and oxygen atoms in total. The zero-order chi connectivity index (χ0) is 64.4. The molecule has 0 aromatic carbocycles. The fourth-order valence-electron chi connectivity index (χ4n) is 10.7. The lowest BCUT2D eigenvalue weighted by atomic mass is 9.88. The van der Waals surface area contributed by atoms with Gasteiger partial charge in [-0.05, 0) is 0 Å². The summed E-state index contributed by atoms with van der Waals surface area (Å²) in [6.07, 6.45) is -59.5. The molecule has 0 radical (unpaired) electrons. The number of aliphatic carboxylic acids is 4. The van der Waals surface area contributed by atoms with Gasteiger partial charge in [-0.3, -0.25) is 9.59 Å². The number of carboxylic acids is 4. The Hall–Kier alpha value is -4.30. The van der Waals surface area contributed by atoms with Crippen LogP contribution in [0.1, 0.15) is 33.1 Å². The Morgan fingerprint density at radius 3 is 1.57 bits per heavy atom. The summed E-state index contributed by atoms with van der Waals surface area (Å²) in [5, 5.41) is 220. The molecule has 0 spiro atoms. The lowest BCUT2D eigenvalue weighted by Crippen LogP contribution is -2.72. The minimum absolute atomic E-state index is 0.836. The van der Waals surface area contributed by atoms with E-state index in [0.717, 1.165) is 13.8 Å². The summed E-state index contributed by atoms with van der Waals surface area (Å²) in [4.78, 5) is 78.3. The number of carbonyl (C=O) groups excluding carboxylic acids is 2. The first-order chi connectivity index (χ1) is 40.2. The number of rotatable bonds is 24. The maximum atomic E-state index is 14.1. The van der Waals surface area contributed by atoms with Gasteiger partial charge in [-0.15, -0.1) is 0 Å². The smallest absolute Gasteiger partial charge is 0.364 e. The van der Waals surface area contributed by atoms with Crippen molar-refractivity contribution in [2.45, 2.75) is 216 Å². The Balaban J connectivity index is 1.50. The van der Waals surface area contributed by atoms with E-state index in [0.29, 0.717) is 0 Å². The van der Waals surface area contributed by atoms with Crippen molar-refractivity contribution in [2.75, 3.05) is 33.0 Å². The van der Waals surface area contributed by atoms with Crippen LogP contribution in [0, 0.1) is 0 Å². The van der Waals surface area contributed by atoms with Crippen LogP contribution in [0.25, 0.3) is 0 Å². The number of carboxylic acid groups (broad SMARTS) is 4. The first kappa shape index (κ1) is 70.8. The lowest BCUT2D eigenvalue weighted by molar-refractivity contribution is -0.408. The van der Waals surface area contributed by atoms with E-state index in [9.17, 15) is 131 Å². The number of carbonyl (C=O) groups is 6. The van der Waals surface area contributed by atoms with E-state index < -0.39 is 271 Å². The molecular weight excluding hydrogens is 1190 g/mol. The molecule has 2 amide bonds.